The quantitative estimate of drug-likeness (QED) is 0.782. The van der Waals surface area contributed by atoms with E-state index in [0.717, 1.165) is 28.0 Å². The van der Waals surface area contributed by atoms with Crippen LogP contribution in [0.25, 0.3) is 10.9 Å². The number of pyridine rings is 1. The van der Waals surface area contributed by atoms with Gasteiger partial charge in [-0.25, -0.2) is 0 Å². The number of fused-ring (bicyclic) bond motifs is 1. The molecule has 2 N–H and O–H groups in total. The zero-order chi connectivity index (χ0) is 13.9. The van der Waals surface area contributed by atoms with Gasteiger partial charge in [0, 0.05) is 23.7 Å². The van der Waals surface area contributed by atoms with E-state index in [0.29, 0.717) is 6.54 Å². The summed E-state index contributed by atoms with van der Waals surface area (Å²) in [6, 6.07) is 15.8. The first-order valence-corrected chi connectivity index (χ1v) is 6.59. The van der Waals surface area contributed by atoms with Crippen LogP contribution in [0.4, 0.5) is 0 Å². The third-order valence-electron chi connectivity index (χ3n) is 3.26. The number of rotatable bonds is 3. The number of nitrogens with two attached hydrogens (primary N) is 1. The molecule has 1 aromatic heterocycles. The molecule has 3 nitrogen and oxygen atoms in total. The number of nitrogens with zero attached hydrogens (tertiary/aromatic N) is 1. The van der Waals surface area contributed by atoms with E-state index in [9.17, 15) is 0 Å². The maximum absolute atomic E-state index is 6.05. The lowest BCUT2D eigenvalue weighted by atomic mass is 10.1. The molecule has 3 aromatic rings. The summed E-state index contributed by atoms with van der Waals surface area (Å²) in [6.45, 7) is 2.50. The molecule has 1 heterocycles. The van der Waals surface area contributed by atoms with E-state index in [1.165, 1.54) is 5.56 Å². The van der Waals surface area contributed by atoms with Crippen molar-refractivity contribution in [1.82, 2.24) is 4.98 Å². The monoisotopic (exact) mass is 264 g/mol. The molecule has 0 fully saturated rings. The van der Waals surface area contributed by atoms with Crippen LogP contribution in [0.1, 0.15) is 11.1 Å². The summed E-state index contributed by atoms with van der Waals surface area (Å²) in [5.74, 6) is 1.60. The Bertz CT molecular complexity index is 748. The van der Waals surface area contributed by atoms with Gasteiger partial charge >= 0.3 is 0 Å². The summed E-state index contributed by atoms with van der Waals surface area (Å²) in [4.78, 5) is 4.34. The van der Waals surface area contributed by atoms with Gasteiger partial charge < -0.3 is 10.5 Å². The fourth-order valence-electron chi connectivity index (χ4n) is 2.25. The minimum absolute atomic E-state index is 0.458. The van der Waals surface area contributed by atoms with Crippen LogP contribution >= 0.6 is 0 Å². The van der Waals surface area contributed by atoms with Crippen LogP contribution in [0.15, 0.2) is 54.7 Å². The summed E-state index contributed by atoms with van der Waals surface area (Å²) in [5.41, 5.74) is 8.90. The fraction of sp³-hybridized carbons (Fsp3) is 0.118. The van der Waals surface area contributed by atoms with Crippen molar-refractivity contribution >= 4 is 10.9 Å². The van der Waals surface area contributed by atoms with Gasteiger partial charge in [0.25, 0.3) is 0 Å². The first-order chi connectivity index (χ1) is 9.78. The number of hydrogen-bond donors (Lipinski definition) is 1. The average molecular weight is 264 g/mol. The van der Waals surface area contributed by atoms with Gasteiger partial charge in [-0.1, -0.05) is 23.8 Å². The number of aryl methyl sites for hydroxylation is 1. The van der Waals surface area contributed by atoms with Gasteiger partial charge in [-0.05, 0) is 37.3 Å². The van der Waals surface area contributed by atoms with E-state index in [4.69, 9.17) is 10.5 Å². The summed E-state index contributed by atoms with van der Waals surface area (Å²) in [6.07, 6.45) is 1.78. The van der Waals surface area contributed by atoms with E-state index >= 15 is 0 Å². The van der Waals surface area contributed by atoms with E-state index < -0.39 is 0 Å². The molecule has 0 spiro atoms. The zero-order valence-corrected chi connectivity index (χ0v) is 11.3. The Morgan fingerprint density at radius 3 is 2.80 bits per heavy atom. The van der Waals surface area contributed by atoms with Crippen LogP contribution in [0.3, 0.4) is 0 Å². The molecule has 0 amide bonds. The number of hydrogen-bond acceptors (Lipinski definition) is 3. The van der Waals surface area contributed by atoms with Gasteiger partial charge in [-0.15, -0.1) is 0 Å². The summed E-state index contributed by atoms with van der Waals surface area (Å²) >= 11 is 0. The molecule has 0 bridgehead atoms. The van der Waals surface area contributed by atoms with Crippen LogP contribution in [0.2, 0.25) is 0 Å². The van der Waals surface area contributed by atoms with Gasteiger partial charge in [-0.2, -0.15) is 0 Å². The minimum Gasteiger partial charge on any atom is -0.456 e. The maximum Gasteiger partial charge on any atom is 0.136 e. The molecule has 3 heteroatoms. The maximum atomic E-state index is 6.05. The third kappa shape index (κ3) is 2.36. The molecule has 3 rings (SSSR count). The molecule has 0 unspecified atom stereocenters. The predicted molar refractivity (Wildman–Crippen MR) is 80.9 cm³/mol. The molecule has 0 aliphatic rings. The minimum atomic E-state index is 0.458. The first-order valence-electron chi connectivity index (χ1n) is 6.59. The van der Waals surface area contributed by atoms with Gasteiger partial charge in [0.2, 0.25) is 0 Å². The normalized spacial score (nSPS) is 10.7. The molecule has 20 heavy (non-hydrogen) atoms. The Kier molecular flexibility index (Phi) is 3.35. The van der Waals surface area contributed by atoms with E-state index in [1.54, 1.807) is 6.20 Å². The Morgan fingerprint density at radius 2 is 1.95 bits per heavy atom. The zero-order valence-electron chi connectivity index (χ0n) is 11.3. The molecular formula is C17H16N2O. The van der Waals surface area contributed by atoms with Crippen molar-refractivity contribution in [2.24, 2.45) is 5.73 Å². The second kappa shape index (κ2) is 5.31. The smallest absolute Gasteiger partial charge is 0.136 e. The van der Waals surface area contributed by atoms with Crippen molar-refractivity contribution in [3.8, 4) is 11.5 Å². The van der Waals surface area contributed by atoms with Crippen molar-refractivity contribution in [1.29, 1.82) is 0 Å². The van der Waals surface area contributed by atoms with Crippen molar-refractivity contribution in [2.75, 3.05) is 0 Å². The highest BCUT2D eigenvalue weighted by Crippen LogP contribution is 2.31. The van der Waals surface area contributed by atoms with Crippen molar-refractivity contribution < 1.29 is 4.74 Å². The number of aromatic nitrogens is 1. The first kappa shape index (κ1) is 12.6. The van der Waals surface area contributed by atoms with Gasteiger partial charge in [-0.3, -0.25) is 4.98 Å². The Balaban J connectivity index is 2.05. The van der Waals surface area contributed by atoms with Gasteiger partial charge in [0.1, 0.15) is 11.5 Å². The van der Waals surface area contributed by atoms with E-state index in [-0.39, 0.29) is 0 Å². The summed E-state index contributed by atoms with van der Waals surface area (Å²) < 4.78 is 6.05. The second-order valence-electron chi connectivity index (χ2n) is 4.74. The highest BCUT2D eigenvalue weighted by atomic mass is 16.5. The Labute approximate surface area is 118 Å². The van der Waals surface area contributed by atoms with Crippen LogP contribution in [0, 0.1) is 6.92 Å². The van der Waals surface area contributed by atoms with Crippen LogP contribution < -0.4 is 10.5 Å². The standard InChI is InChI=1S/C17H16N2O/c1-12-7-8-16(13(10-12)11-18)20-17-6-2-5-15-14(17)4-3-9-19-15/h2-10H,11,18H2,1H3. The lowest BCUT2D eigenvalue weighted by Crippen LogP contribution is -2.00. The predicted octanol–water partition coefficient (Wildman–Crippen LogP) is 3.79. The van der Waals surface area contributed by atoms with Gasteiger partial charge in [0.15, 0.2) is 0 Å². The lowest BCUT2D eigenvalue weighted by molar-refractivity contribution is 0.481. The van der Waals surface area contributed by atoms with E-state index in [2.05, 4.69) is 11.1 Å². The summed E-state index contributed by atoms with van der Waals surface area (Å²) in [7, 11) is 0. The highest BCUT2D eigenvalue weighted by Gasteiger charge is 2.07. The molecule has 0 aliphatic heterocycles. The molecular weight excluding hydrogens is 248 g/mol. The molecule has 0 radical (unpaired) electrons. The Morgan fingerprint density at radius 1 is 1.05 bits per heavy atom. The molecule has 0 aliphatic carbocycles. The highest BCUT2D eigenvalue weighted by molar-refractivity contribution is 5.85. The van der Waals surface area contributed by atoms with Crippen LogP contribution in [-0.4, -0.2) is 4.98 Å². The molecule has 2 aromatic carbocycles. The SMILES string of the molecule is Cc1ccc(Oc2cccc3ncccc23)c(CN)c1. The largest absolute Gasteiger partial charge is 0.456 e. The fourth-order valence-corrected chi connectivity index (χ4v) is 2.25. The number of benzene rings is 2. The van der Waals surface area contributed by atoms with Crippen molar-refractivity contribution in [3.63, 3.8) is 0 Å². The molecule has 0 saturated heterocycles. The molecule has 100 valence electrons. The average Bonchev–Trinajstić information content (AvgIpc) is 2.49. The Hall–Kier alpha value is -2.39. The topological polar surface area (TPSA) is 48.1 Å². The lowest BCUT2D eigenvalue weighted by Gasteiger charge is -2.12. The van der Waals surface area contributed by atoms with Crippen LogP contribution in [-0.2, 0) is 6.54 Å². The van der Waals surface area contributed by atoms with Crippen molar-refractivity contribution in [3.05, 3.63) is 65.9 Å². The van der Waals surface area contributed by atoms with Gasteiger partial charge in [0.05, 0.1) is 5.52 Å². The van der Waals surface area contributed by atoms with Crippen LogP contribution in [0.5, 0.6) is 11.5 Å². The molecule has 0 saturated carbocycles. The second-order valence-corrected chi connectivity index (χ2v) is 4.74. The van der Waals surface area contributed by atoms with Crippen molar-refractivity contribution in [2.45, 2.75) is 13.5 Å². The summed E-state index contributed by atoms with van der Waals surface area (Å²) in [5, 5.41) is 0.999. The van der Waals surface area contributed by atoms with E-state index in [1.807, 2.05) is 49.4 Å². The third-order valence-corrected chi connectivity index (χ3v) is 3.26. The number of ether oxygens (including phenoxy) is 1. The molecule has 0 atom stereocenters.